The first-order valence-electron chi connectivity index (χ1n) is 9.90. The van der Waals surface area contributed by atoms with Crippen LogP contribution in [-0.4, -0.2) is 30.6 Å². The Morgan fingerprint density at radius 3 is 2.57 bits per heavy atom. The first-order valence-corrected chi connectivity index (χ1v) is 9.90. The van der Waals surface area contributed by atoms with E-state index in [1.54, 1.807) is 0 Å². The van der Waals surface area contributed by atoms with E-state index in [4.69, 9.17) is 0 Å². The predicted molar refractivity (Wildman–Crippen MR) is 114 cm³/mol. The van der Waals surface area contributed by atoms with Gasteiger partial charge in [0.05, 0.1) is 6.04 Å². The molecule has 0 spiro atoms. The standard InChI is InChI=1S/C24H27N3O/c1-17(19-12-11-18-7-3-4-8-20(18)13-19)26-24(28)25-15-23-14-21-9-5-6-10-22(21)16-27(23)2/h3-13,17,23H,14-16H2,1-2H3,(H2,25,26,28)/t17-,23-/m0/s1. The van der Waals surface area contributed by atoms with Crippen molar-refractivity contribution in [1.29, 1.82) is 0 Å². The molecule has 2 N–H and O–H groups in total. The summed E-state index contributed by atoms with van der Waals surface area (Å²) in [7, 11) is 2.12. The molecule has 0 saturated carbocycles. The second kappa shape index (κ2) is 8.03. The maximum Gasteiger partial charge on any atom is 0.315 e. The molecule has 0 unspecified atom stereocenters. The molecule has 28 heavy (non-hydrogen) atoms. The summed E-state index contributed by atoms with van der Waals surface area (Å²) in [6.45, 7) is 3.59. The van der Waals surface area contributed by atoms with Gasteiger partial charge in [-0.3, -0.25) is 4.90 Å². The number of likely N-dealkylation sites (N-methyl/N-ethyl adjacent to an activating group) is 1. The van der Waals surface area contributed by atoms with E-state index in [0.717, 1.165) is 18.5 Å². The third-order valence-electron chi connectivity index (χ3n) is 5.74. The molecule has 0 aromatic heterocycles. The summed E-state index contributed by atoms with van der Waals surface area (Å²) in [4.78, 5) is 14.8. The summed E-state index contributed by atoms with van der Waals surface area (Å²) < 4.78 is 0. The van der Waals surface area contributed by atoms with Crippen LogP contribution in [0.5, 0.6) is 0 Å². The number of hydrogen-bond acceptors (Lipinski definition) is 2. The molecule has 0 radical (unpaired) electrons. The van der Waals surface area contributed by atoms with Crippen molar-refractivity contribution in [2.45, 2.75) is 32.0 Å². The maximum atomic E-state index is 12.4. The highest BCUT2D eigenvalue weighted by Crippen LogP contribution is 2.22. The molecule has 0 fully saturated rings. The van der Waals surface area contributed by atoms with Crippen molar-refractivity contribution >= 4 is 16.8 Å². The zero-order chi connectivity index (χ0) is 19.5. The molecule has 2 amide bonds. The van der Waals surface area contributed by atoms with Crippen molar-refractivity contribution in [3.8, 4) is 0 Å². The second-order valence-corrected chi connectivity index (χ2v) is 7.72. The molecule has 4 heteroatoms. The van der Waals surface area contributed by atoms with Gasteiger partial charge in [-0.15, -0.1) is 0 Å². The van der Waals surface area contributed by atoms with Gasteiger partial charge in [0.1, 0.15) is 0 Å². The smallest absolute Gasteiger partial charge is 0.315 e. The van der Waals surface area contributed by atoms with Crippen LogP contribution in [0.25, 0.3) is 10.8 Å². The van der Waals surface area contributed by atoms with E-state index in [2.05, 4.69) is 77.2 Å². The molecule has 3 aromatic carbocycles. The van der Waals surface area contributed by atoms with Gasteiger partial charge in [-0.1, -0.05) is 60.7 Å². The van der Waals surface area contributed by atoms with Crippen molar-refractivity contribution in [2.24, 2.45) is 0 Å². The van der Waals surface area contributed by atoms with Crippen LogP contribution >= 0.6 is 0 Å². The molecule has 1 heterocycles. The molecule has 144 valence electrons. The Kier molecular flexibility index (Phi) is 5.31. The number of nitrogens with zero attached hydrogens (tertiary/aromatic N) is 1. The minimum absolute atomic E-state index is 0.0468. The fraction of sp³-hybridized carbons (Fsp3) is 0.292. The fourth-order valence-corrected chi connectivity index (χ4v) is 3.97. The Labute approximate surface area is 166 Å². The van der Waals surface area contributed by atoms with E-state index in [1.807, 2.05) is 19.1 Å². The first kappa shape index (κ1) is 18.5. The Hall–Kier alpha value is -2.85. The van der Waals surface area contributed by atoms with Gasteiger partial charge in [0.25, 0.3) is 0 Å². The Morgan fingerprint density at radius 2 is 1.75 bits per heavy atom. The summed E-state index contributed by atoms with van der Waals surface area (Å²) in [5.41, 5.74) is 3.88. The average Bonchev–Trinajstić information content (AvgIpc) is 2.71. The number of hydrogen-bond donors (Lipinski definition) is 2. The highest BCUT2D eigenvalue weighted by Gasteiger charge is 2.23. The van der Waals surface area contributed by atoms with Gasteiger partial charge in [0, 0.05) is 19.1 Å². The molecular formula is C24H27N3O. The van der Waals surface area contributed by atoms with E-state index in [1.165, 1.54) is 21.9 Å². The highest BCUT2D eigenvalue weighted by molar-refractivity contribution is 5.83. The van der Waals surface area contributed by atoms with Crippen LogP contribution in [0.15, 0.2) is 66.7 Å². The monoisotopic (exact) mass is 373 g/mol. The number of rotatable bonds is 4. The summed E-state index contributed by atoms with van der Waals surface area (Å²) >= 11 is 0. The molecule has 4 nitrogen and oxygen atoms in total. The summed E-state index contributed by atoms with van der Waals surface area (Å²) in [5.74, 6) is 0. The van der Waals surface area contributed by atoms with Gasteiger partial charge >= 0.3 is 6.03 Å². The fourth-order valence-electron chi connectivity index (χ4n) is 3.97. The van der Waals surface area contributed by atoms with Crippen molar-refractivity contribution in [2.75, 3.05) is 13.6 Å². The van der Waals surface area contributed by atoms with Crippen LogP contribution in [0, 0.1) is 0 Å². The molecule has 0 bridgehead atoms. The molecule has 3 aromatic rings. The van der Waals surface area contributed by atoms with E-state index in [0.29, 0.717) is 12.6 Å². The van der Waals surface area contributed by atoms with Crippen LogP contribution in [0.4, 0.5) is 4.79 Å². The number of fused-ring (bicyclic) bond motifs is 2. The quantitative estimate of drug-likeness (QED) is 0.718. The molecular weight excluding hydrogens is 346 g/mol. The Balaban J connectivity index is 1.34. The van der Waals surface area contributed by atoms with Crippen LogP contribution in [0.3, 0.4) is 0 Å². The Bertz CT molecular complexity index is 984. The van der Waals surface area contributed by atoms with E-state index < -0.39 is 0 Å². The van der Waals surface area contributed by atoms with Gasteiger partial charge in [-0.2, -0.15) is 0 Å². The van der Waals surface area contributed by atoms with E-state index in [9.17, 15) is 4.79 Å². The number of nitrogens with one attached hydrogen (secondary N) is 2. The Morgan fingerprint density at radius 1 is 1.04 bits per heavy atom. The zero-order valence-electron chi connectivity index (χ0n) is 16.5. The summed E-state index contributed by atoms with van der Waals surface area (Å²) in [6.07, 6.45) is 0.965. The number of carbonyl (C=O) groups is 1. The molecule has 4 rings (SSSR count). The van der Waals surface area contributed by atoms with Crippen LogP contribution < -0.4 is 10.6 Å². The van der Waals surface area contributed by atoms with E-state index in [-0.39, 0.29) is 12.1 Å². The van der Waals surface area contributed by atoms with E-state index >= 15 is 0 Å². The topological polar surface area (TPSA) is 44.4 Å². The second-order valence-electron chi connectivity index (χ2n) is 7.72. The van der Waals surface area contributed by atoms with Crippen molar-refractivity contribution < 1.29 is 4.79 Å². The third kappa shape index (κ3) is 4.02. The lowest BCUT2D eigenvalue weighted by molar-refractivity contribution is 0.202. The van der Waals surface area contributed by atoms with Gasteiger partial charge < -0.3 is 10.6 Å². The third-order valence-corrected chi connectivity index (χ3v) is 5.74. The van der Waals surface area contributed by atoms with Crippen molar-refractivity contribution in [3.63, 3.8) is 0 Å². The highest BCUT2D eigenvalue weighted by atomic mass is 16.2. The molecule has 1 aliphatic heterocycles. The molecule has 0 saturated heterocycles. The maximum absolute atomic E-state index is 12.4. The summed E-state index contributed by atoms with van der Waals surface area (Å²) in [6, 6.07) is 23.3. The SMILES string of the molecule is C[C@H](NC(=O)NC[C@@H]1Cc2ccccc2CN1C)c1ccc2ccccc2c1. The molecule has 1 aliphatic rings. The largest absolute Gasteiger partial charge is 0.337 e. The van der Waals surface area contributed by atoms with Gasteiger partial charge in [0.2, 0.25) is 0 Å². The summed E-state index contributed by atoms with van der Waals surface area (Å²) in [5, 5.41) is 8.53. The zero-order valence-corrected chi connectivity index (χ0v) is 16.5. The van der Waals surface area contributed by atoms with Crippen LogP contribution in [0.2, 0.25) is 0 Å². The number of amides is 2. The lowest BCUT2D eigenvalue weighted by Crippen LogP contribution is -2.48. The molecule has 0 aliphatic carbocycles. The lowest BCUT2D eigenvalue weighted by Gasteiger charge is -2.34. The molecule has 2 atom stereocenters. The van der Waals surface area contributed by atoms with Gasteiger partial charge in [-0.25, -0.2) is 4.79 Å². The van der Waals surface area contributed by atoms with Crippen LogP contribution in [-0.2, 0) is 13.0 Å². The van der Waals surface area contributed by atoms with Gasteiger partial charge in [-0.05, 0) is 53.9 Å². The normalized spacial score (nSPS) is 17.7. The predicted octanol–water partition coefficient (Wildman–Crippen LogP) is 4.26. The number of carbonyl (C=O) groups excluding carboxylic acids is 1. The first-order chi connectivity index (χ1) is 13.6. The number of urea groups is 1. The minimum atomic E-state index is -0.118. The average molecular weight is 374 g/mol. The van der Waals surface area contributed by atoms with Crippen molar-refractivity contribution in [3.05, 3.63) is 83.4 Å². The van der Waals surface area contributed by atoms with Crippen LogP contribution in [0.1, 0.15) is 29.7 Å². The van der Waals surface area contributed by atoms with Gasteiger partial charge in [0.15, 0.2) is 0 Å². The van der Waals surface area contributed by atoms with Crippen molar-refractivity contribution in [1.82, 2.24) is 15.5 Å². The lowest BCUT2D eigenvalue weighted by atomic mass is 9.94. The number of benzene rings is 3. The minimum Gasteiger partial charge on any atom is -0.337 e.